The number of hydrogen-bond donors (Lipinski definition) is 1. The zero-order chi connectivity index (χ0) is 15.4. The number of nitrogens with one attached hydrogen (secondary N) is 1. The molecule has 0 aliphatic heterocycles. The number of aryl methyl sites for hydroxylation is 1. The summed E-state index contributed by atoms with van der Waals surface area (Å²) in [6.07, 6.45) is 1.94. The Bertz CT molecular complexity index is 621. The van der Waals surface area contributed by atoms with Gasteiger partial charge in [-0.05, 0) is 38.0 Å². The lowest BCUT2D eigenvalue weighted by atomic mass is 10.1. The molecule has 0 unspecified atom stereocenters. The van der Waals surface area contributed by atoms with Crippen LogP contribution in [0.15, 0.2) is 18.2 Å². The van der Waals surface area contributed by atoms with Gasteiger partial charge in [-0.3, -0.25) is 0 Å². The monoisotopic (exact) mass is 323 g/mol. The van der Waals surface area contributed by atoms with Crippen LogP contribution in [0.4, 0.5) is 5.82 Å². The first-order valence-electron chi connectivity index (χ1n) is 7.13. The molecule has 2 aromatic rings. The Morgan fingerprint density at radius 1 is 1.05 bits per heavy atom. The maximum absolute atomic E-state index is 6.07. The minimum absolute atomic E-state index is 0.585. The molecule has 0 bridgehead atoms. The number of halogens is 2. The molecule has 0 aliphatic carbocycles. The van der Waals surface area contributed by atoms with Crippen molar-refractivity contribution in [3.05, 3.63) is 39.5 Å². The summed E-state index contributed by atoms with van der Waals surface area (Å²) >= 11 is 12.1. The van der Waals surface area contributed by atoms with E-state index in [1.54, 1.807) is 6.07 Å². The standard InChI is InChI=1S/C16H19Cl2N3/c1-4-6-19-16-14(5-2)10(3)20-15(21-16)11-7-12(17)9-13(18)8-11/h7-9H,4-6H2,1-3H3,(H,19,20,21). The summed E-state index contributed by atoms with van der Waals surface area (Å²) in [5.74, 6) is 1.55. The van der Waals surface area contributed by atoms with Gasteiger partial charge in [0.25, 0.3) is 0 Å². The summed E-state index contributed by atoms with van der Waals surface area (Å²) in [7, 11) is 0. The Kier molecular flexibility index (Phi) is 5.43. The predicted molar refractivity (Wildman–Crippen MR) is 90.4 cm³/mol. The fourth-order valence-electron chi connectivity index (χ4n) is 2.22. The quantitative estimate of drug-likeness (QED) is 0.827. The van der Waals surface area contributed by atoms with Gasteiger partial charge in [-0.25, -0.2) is 9.97 Å². The van der Waals surface area contributed by atoms with E-state index < -0.39 is 0 Å². The lowest BCUT2D eigenvalue weighted by Gasteiger charge is -2.13. The van der Waals surface area contributed by atoms with Crippen LogP contribution in [0.1, 0.15) is 31.5 Å². The van der Waals surface area contributed by atoms with E-state index >= 15 is 0 Å². The summed E-state index contributed by atoms with van der Waals surface area (Å²) in [4.78, 5) is 9.25. The molecular weight excluding hydrogens is 305 g/mol. The lowest BCUT2D eigenvalue weighted by Crippen LogP contribution is -2.09. The van der Waals surface area contributed by atoms with Gasteiger partial charge in [0.2, 0.25) is 0 Å². The van der Waals surface area contributed by atoms with Crippen LogP contribution < -0.4 is 5.32 Å². The van der Waals surface area contributed by atoms with Gasteiger partial charge in [0.1, 0.15) is 5.82 Å². The maximum atomic E-state index is 6.07. The first kappa shape index (κ1) is 16.1. The van der Waals surface area contributed by atoms with E-state index in [0.29, 0.717) is 15.9 Å². The Labute approximate surface area is 135 Å². The van der Waals surface area contributed by atoms with Gasteiger partial charge in [-0.15, -0.1) is 0 Å². The molecule has 0 atom stereocenters. The van der Waals surface area contributed by atoms with Gasteiger partial charge >= 0.3 is 0 Å². The van der Waals surface area contributed by atoms with E-state index in [4.69, 9.17) is 23.2 Å². The van der Waals surface area contributed by atoms with Crippen molar-refractivity contribution in [2.24, 2.45) is 0 Å². The molecule has 3 nitrogen and oxygen atoms in total. The molecule has 1 N–H and O–H groups in total. The van der Waals surface area contributed by atoms with Crippen LogP contribution in [-0.4, -0.2) is 16.5 Å². The molecule has 112 valence electrons. The Morgan fingerprint density at radius 2 is 1.71 bits per heavy atom. The molecule has 0 saturated carbocycles. The largest absolute Gasteiger partial charge is 0.370 e. The van der Waals surface area contributed by atoms with Gasteiger partial charge in [-0.2, -0.15) is 0 Å². The van der Waals surface area contributed by atoms with Gasteiger partial charge in [0.15, 0.2) is 5.82 Å². The highest BCUT2D eigenvalue weighted by Gasteiger charge is 2.12. The number of aromatic nitrogens is 2. The molecule has 0 fully saturated rings. The molecule has 0 radical (unpaired) electrons. The first-order valence-corrected chi connectivity index (χ1v) is 7.88. The van der Waals surface area contributed by atoms with E-state index in [1.807, 2.05) is 19.1 Å². The molecule has 5 heteroatoms. The van der Waals surface area contributed by atoms with Crippen molar-refractivity contribution < 1.29 is 0 Å². The van der Waals surface area contributed by atoms with E-state index in [-0.39, 0.29) is 0 Å². The van der Waals surface area contributed by atoms with Crippen molar-refractivity contribution >= 4 is 29.0 Å². The van der Waals surface area contributed by atoms with Crippen molar-refractivity contribution in [2.45, 2.75) is 33.6 Å². The fraction of sp³-hybridized carbons (Fsp3) is 0.375. The number of hydrogen-bond acceptors (Lipinski definition) is 3. The smallest absolute Gasteiger partial charge is 0.161 e. The lowest BCUT2D eigenvalue weighted by molar-refractivity contribution is 0.938. The van der Waals surface area contributed by atoms with Gasteiger partial charge in [0.05, 0.1) is 0 Å². The first-order chi connectivity index (χ1) is 10.0. The van der Waals surface area contributed by atoms with Crippen LogP contribution in [0.2, 0.25) is 10.0 Å². The molecule has 1 aromatic carbocycles. The molecule has 0 saturated heterocycles. The third kappa shape index (κ3) is 3.86. The van der Waals surface area contributed by atoms with Crippen molar-refractivity contribution in [3.8, 4) is 11.4 Å². The molecule has 1 aromatic heterocycles. The van der Waals surface area contributed by atoms with Crippen LogP contribution in [0, 0.1) is 6.92 Å². The number of nitrogens with zero attached hydrogens (tertiary/aromatic N) is 2. The average molecular weight is 324 g/mol. The minimum Gasteiger partial charge on any atom is -0.370 e. The van der Waals surface area contributed by atoms with Crippen LogP contribution in [0.3, 0.4) is 0 Å². The topological polar surface area (TPSA) is 37.8 Å². The molecule has 0 amide bonds. The van der Waals surface area contributed by atoms with Gasteiger partial charge < -0.3 is 5.32 Å². The van der Waals surface area contributed by atoms with E-state index in [9.17, 15) is 0 Å². The van der Waals surface area contributed by atoms with Crippen LogP contribution in [0.5, 0.6) is 0 Å². The number of anilines is 1. The average Bonchev–Trinajstić information content (AvgIpc) is 2.43. The number of rotatable bonds is 5. The zero-order valence-electron chi connectivity index (χ0n) is 12.5. The highest BCUT2D eigenvalue weighted by atomic mass is 35.5. The molecule has 1 heterocycles. The zero-order valence-corrected chi connectivity index (χ0v) is 14.0. The summed E-state index contributed by atoms with van der Waals surface area (Å²) in [5.41, 5.74) is 2.97. The summed E-state index contributed by atoms with van der Waals surface area (Å²) in [6, 6.07) is 5.37. The van der Waals surface area contributed by atoms with Crippen LogP contribution in [-0.2, 0) is 6.42 Å². The normalized spacial score (nSPS) is 10.7. The van der Waals surface area contributed by atoms with E-state index in [2.05, 4.69) is 29.1 Å². The second-order valence-corrected chi connectivity index (χ2v) is 5.77. The molecule has 21 heavy (non-hydrogen) atoms. The Hall–Kier alpha value is -1.32. The van der Waals surface area contributed by atoms with Crippen LogP contribution in [0.25, 0.3) is 11.4 Å². The van der Waals surface area contributed by atoms with Gasteiger partial charge in [0, 0.05) is 33.4 Å². The predicted octanol–water partition coefficient (Wildman–Crippen LogP) is 5.14. The Morgan fingerprint density at radius 3 is 2.29 bits per heavy atom. The summed E-state index contributed by atoms with van der Waals surface area (Å²) in [6.45, 7) is 7.13. The Balaban J connectivity index is 2.51. The minimum atomic E-state index is 0.585. The molecule has 2 rings (SSSR count). The second kappa shape index (κ2) is 7.10. The van der Waals surface area contributed by atoms with Gasteiger partial charge in [-0.1, -0.05) is 37.0 Å². The fourth-order valence-corrected chi connectivity index (χ4v) is 2.75. The van der Waals surface area contributed by atoms with E-state index in [1.165, 1.54) is 0 Å². The van der Waals surface area contributed by atoms with Crippen molar-refractivity contribution in [1.29, 1.82) is 0 Å². The SMILES string of the molecule is CCCNc1nc(-c2cc(Cl)cc(Cl)c2)nc(C)c1CC. The molecule has 0 aliphatic rings. The summed E-state index contributed by atoms with van der Waals surface area (Å²) in [5, 5.41) is 4.55. The molecular formula is C16H19Cl2N3. The third-order valence-corrected chi connectivity index (χ3v) is 3.67. The second-order valence-electron chi connectivity index (χ2n) is 4.90. The highest BCUT2D eigenvalue weighted by Crippen LogP contribution is 2.27. The molecule has 0 spiro atoms. The van der Waals surface area contributed by atoms with Crippen LogP contribution >= 0.6 is 23.2 Å². The van der Waals surface area contributed by atoms with Crippen molar-refractivity contribution in [1.82, 2.24) is 9.97 Å². The maximum Gasteiger partial charge on any atom is 0.161 e. The third-order valence-electron chi connectivity index (χ3n) is 3.23. The summed E-state index contributed by atoms with van der Waals surface area (Å²) < 4.78 is 0. The highest BCUT2D eigenvalue weighted by molar-refractivity contribution is 6.35. The van der Waals surface area contributed by atoms with E-state index in [0.717, 1.165) is 42.0 Å². The number of benzene rings is 1. The van der Waals surface area contributed by atoms with Crippen molar-refractivity contribution in [2.75, 3.05) is 11.9 Å². The van der Waals surface area contributed by atoms with Crippen molar-refractivity contribution in [3.63, 3.8) is 0 Å².